The second-order valence-corrected chi connectivity index (χ2v) is 6.99. The maximum Gasteiger partial charge on any atom is 0.234 e. The molecule has 21 heavy (non-hydrogen) atoms. The predicted octanol–water partition coefficient (Wildman–Crippen LogP) is 3.42. The summed E-state index contributed by atoms with van der Waals surface area (Å²) in [4.78, 5) is 13.0. The maximum absolute atomic E-state index is 12.0. The standard InChI is InChI=1S/C13H16N4OS3/c1-3-14-12-16-17-13(21-12)20-8-11(18)15-9-6-4-5-7-10(9)19-2/h4-7H,3,8H2,1-2H3,(H,14,16)(H,15,18). The van der Waals surface area contributed by atoms with Crippen LogP contribution in [0.5, 0.6) is 0 Å². The van der Waals surface area contributed by atoms with Crippen LogP contribution in [0.2, 0.25) is 0 Å². The molecule has 0 atom stereocenters. The number of carbonyl (C=O) groups excluding carboxylic acids is 1. The third-order valence-corrected chi connectivity index (χ3v) is 5.25. The number of nitrogens with one attached hydrogen (secondary N) is 2. The van der Waals surface area contributed by atoms with Gasteiger partial charge >= 0.3 is 0 Å². The fourth-order valence-electron chi connectivity index (χ4n) is 1.55. The summed E-state index contributed by atoms with van der Waals surface area (Å²) in [5.74, 6) is 0.283. The molecule has 1 aromatic heterocycles. The fourth-order valence-corrected chi connectivity index (χ4v) is 3.73. The highest BCUT2D eigenvalue weighted by atomic mass is 32.2. The Hall–Kier alpha value is -1.25. The Morgan fingerprint density at radius 2 is 2.14 bits per heavy atom. The normalized spacial score (nSPS) is 10.4. The van der Waals surface area contributed by atoms with Gasteiger partial charge in [-0.05, 0) is 25.3 Å². The largest absolute Gasteiger partial charge is 0.360 e. The lowest BCUT2D eigenvalue weighted by Crippen LogP contribution is -2.14. The molecule has 0 fully saturated rings. The van der Waals surface area contributed by atoms with Crippen molar-refractivity contribution in [2.45, 2.75) is 16.2 Å². The smallest absolute Gasteiger partial charge is 0.234 e. The first-order valence-corrected chi connectivity index (χ1v) is 9.38. The Kier molecular flexibility index (Phi) is 6.34. The van der Waals surface area contributed by atoms with E-state index in [1.54, 1.807) is 11.8 Å². The second kappa shape index (κ2) is 8.26. The Morgan fingerprint density at radius 1 is 1.33 bits per heavy atom. The van der Waals surface area contributed by atoms with Crippen LogP contribution in [0.15, 0.2) is 33.5 Å². The average molecular weight is 340 g/mol. The number of para-hydroxylation sites is 1. The molecule has 2 rings (SSSR count). The molecule has 2 N–H and O–H groups in total. The van der Waals surface area contributed by atoms with E-state index in [1.807, 2.05) is 37.4 Å². The number of aromatic nitrogens is 2. The second-order valence-electron chi connectivity index (χ2n) is 3.94. The molecule has 1 amide bonds. The molecular formula is C13H16N4OS3. The molecule has 0 aliphatic rings. The van der Waals surface area contributed by atoms with Gasteiger partial charge in [0.25, 0.3) is 0 Å². The summed E-state index contributed by atoms with van der Waals surface area (Å²) in [5.41, 5.74) is 0.848. The van der Waals surface area contributed by atoms with Crippen LogP contribution in [0.25, 0.3) is 0 Å². The number of amides is 1. The van der Waals surface area contributed by atoms with Crippen molar-refractivity contribution in [3.8, 4) is 0 Å². The molecule has 0 aliphatic heterocycles. The van der Waals surface area contributed by atoms with E-state index in [-0.39, 0.29) is 5.91 Å². The molecule has 2 aromatic rings. The minimum Gasteiger partial charge on any atom is -0.360 e. The SMILES string of the molecule is CCNc1nnc(SCC(=O)Nc2ccccc2SC)s1. The molecule has 0 bridgehead atoms. The van der Waals surface area contributed by atoms with Gasteiger partial charge in [0.2, 0.25) is 11.0 Å². The molecule has 0 saturated heterocycles. The van der Waals surface area contributed by atoms with Crippen LogP contribution in [0, 0.1) is 0 Å². The van der Waals surface area contributed by atoms with Crippen LogP contribution in [0.3, 0.4) is 0 Å². The van der Waals surface area contributed by atoms with Crippen LogP contribution in [-0.2, 0) is 4.79 Å². The van der Waals surface area contributed by atoms with Gasteiger partial charge in [0.15, 0.2) is 4.34 Å². The minimum atomic E-state index is -0.0401. The molecule has 0 spiro atoms. The molecule has 1 heterocycles. The van der Waals surface area contributed by atoms with Crippen LogP contribution in [-0.4, -0.2) is 34.7 Å². The zero-order chi connectivity index (χ0) is 15.1. The molecule has 5 nitrogen and oxygen atoms in total. The zero-order valence-corrected chi connectivity index (χ0v) is 14.2. The highest BCUT2D eigenvalue weighted by Gasteiger charge is 2.09. The van der Waals surface area contributed by atoms with Crippen molar-refractivity contribution in [3.63, 3.8) is 0 Å². The van der Waals surface area contributed by atoms with Gasteiger partial charge in [0.1, 0.15) is 0 Å². The first-order valence-electron chi connectivity index (χ1n) is 6.36. The van der Waals surface area contributed by atoms with Gasteiger partial charge in [-0.25, -0.2) is 0 Å². The third kappa shape index (κ3) is 4.90. The van der Waals surface area contributed by atoms with Crippen molar-refractivity contribution in [3.05, 3.63) is 24.3 Å². The van der Waals surface area contributed by atoms with Crippen molar-refractivity contribution in [2.75, 3.05) is 29.2 Å². The lowest BCUT2D eigenvalue weighted by Gasteiger charge is -2.08. The van der Waals surface area contributed by atoms with E-state index in [9.17, 15) is 4.79 Å². The van der Waals surface area contributed by atoms with Crippen molar-refractivity contribution >= 4 is 51.6 Å². The molecule has 0 saturated carbocycles. The van der Waals surface area contributed by atoms with E-state index in [0.717, 1.165) is 26.6 Å². The van der Waals surface area contributed by atoms with E-state index < -0.39 is 0 Å². The minimum absolute atomic E-state index is 0.0401. The summed E-state index contributed by atoms with van der Waals surface area (Å²) in [6.07, 6.45) is 1.99. The average Bonchev–Trinajstić information content (AvgIpc) is 2.94. The van der Waals surface area contributed by atoms with Gasteiger partial charge in [0, 0.05) is 11.4 Å². The van der Waals surface area contributed by atoms with Crippen molar-refractivity contribution in [1.29, 1.82) is 0 Å². The van der Waals surface area contributed by atoms with Gasteiger partial charge in [-0.1, -0.05) is 35.2 Å². The molecule has 112 valence electrons. The summed E-state index contributed by atoms with van der Waals surface area (Å²) in [6.45, 7) is 2.82. The summed E-state index contributed by atoms with van der Waals surface area (Å²) in [5, 5.41) is 14.8. The molecular weight excluding hydrogens is 324 g/mol. The van der Waals surface area contributed by atoms with Gasteiger partial charge in [-0.3, -0.25) is 4.79 Å². The first kappa shape index (κ1) is 16.1. The van der Waals surface area contributed by atoms with E-state index in [4.69, 9.17) is 0 Å². The third-order valence-electron chi connectivity index (χ3n) is 2.44. The van der Waals surface area contributed by atoms with Crippen molar-refractivity contribution < 1.29 is 4.79 Å². The Bertz CT molecular complexity index is 603. The summed E-state index contributed by atoms with van der Waals surface area (Å²) < 4.78 is 0.791. The van der Waals surface area contributed by atoms with E-state index in [1.165, 1.54) is 23.1 Å². The molecule has 0 unspecified atom stereocenters. The number of thioether (sulfide) groups is 2. The maximum atomic E-state index is 12.0. The Morgan fingerprint density at radius 3 is 2.90 bits per heavy atom. The highest BCUT2D eigenvalue weighted by molar-refractivity contribution is 8.01. The number of nitrogens with zero attached hydrogens (tertiary/aromatic N) is 2. The van der Waals surface area contributed by atoms with Crippen molar-refractivity contribution in [1.82, 2.24) is 10.2 Å². The topological polar surface area (TPSA) is 66.9 Å². The van der Waals surface area contributed by atoms with Crippen LogP contribution >= 0.6 is 34.9 Å². The quantitative estimate of drug-likeness (QED) is 0.753. The number of anilines is 2. The van der Waals surface area contributed by atoms with Gasteiger partial charge in [-0.15, -0.1) is 22.0 Å². The van der Waals surface area contributed by atoms with E-state index >= 15 is 0 Å². The van der Waals surface area contributed by atoms with Gasteiger partial charge in [-0.2, -0.15) is 0 Å². The fraction of sp³-hybridized carbons (Fsp3) is 0.308. The van der Waals surface area contributed by atoms with E-state index in [2.05, 4.69) is 20.8 Å². The molecule has 0 radical (unpaired) electrons. The van der Waals surface area contributed by atoms with Gasteiger partial charge < -0.3 is 10.6 Å². The van der Waals surface area contributed by atoms with E-state index in [0.29, 0.717) is 5.75 Å². The molecule has 1 aromatic carbocycles. The number of rotatable bonds is 7. The lowest BCUT2D eigenvalue weighted by atomic mass is 10.3. The molecule has 8 heteroatoms. The van der Waals surface area contributed by atoms with Crippen molar-refractivity contribution in [2.24, 2.45) is 0 Å². The highest BCUT2D eigenvalue weighted by Crippen LogP contribution is 2.27. The zero-order valence-electron chi connectivity index (χ0n) is 11.8. The number of hydrogen-bond donors (Lipinski definition) is 2. The number of benzene rings is 1. The lowest BCUT2D eigenvalue weighted by molar-refractivity contribution is -0.113. The number of hydrogen-bond acceptors (Lipinski definition) is 7. The summed E-state index contributed by atoms with van der Waals surface area (Å²) in [6, 6.07) is 7.76. The van der Waals surface area contributed by atoms with Gasteiger partial charge in [0.05, 0.1) is 11.4 Å². The van der Waals surface area contributed by atoms with Crippen LogP contribution < -0.4 is 10.6 Å². The summed E-state index contributed by atoms with van der Waals surface area (Å²) >= 11 is 4.46. The monoisotopic (exact) mass is 340 g/mol. The Balaban J connectivity index is 1.86. The first-order chi connectivity index (χ1) is 10.2. The van der Waals surface area contributed by atoms with Crippen LogP contribution in [0.1, 0.15) is 6.92 Å². The molecule has 0 aliphatic carbocycles. The predicted molar refractivity (Wildman–Crippen MR) is 91.6 cm³/mol. The van der Waals surface area contributed by atoms with Crippen LogP contribution in [0.4, 0.5) is 10.8 Å². The summed E-state index contributed by atoms with van der Waals surface area (Å²) in [7, 11) is 0. The Labute approximate surface area is 136 Å². The number of carbonyl (C=O) groups is 1.